The molecule has 0 aromatic rings. The summed E-state index contributed by atoms with van der Waals surface area (Å²) >= 11 is 0. The van der Waals surface area contributed by atoms with Gasteiger partial charge in [-0.25, -0.2) is 0 Å². The minimum atomic E-state index is -0.313. The van der Waals surface area contributed by atoms with Crippen molar-refractivity contribution in [1.29, 1.82) is 0 Å². The number of hydrogen-bond donors (Lipinski definition) is 1. The van der Waals surface area contributed by atoms with E-state index >= 15 is 0 Å². The Kier molecular flexibility index (Phi) is 5.01. The van der Waals surface area contributed by atoms with Crippen LogP contribution in [0, 0.1) is 0 Å². The van der Waals surface area contributed by atoms with Crippen molar-refractivity contribution in [1.82, 2.24) is 4.90 Å². The molecule has 0 aliphatic carbocycles. The van der Waals surface area contributed by atoms with Crippen molar-refractivity contribution >= 4 is 5.91 Å². The molecule has 2 atom stereocenters. The third-order valence-electron chi connectivity index (χ3n) is 2.59. The summed E-state index contributed by atoms with van der Waals surface area (Å²) < 4.78 is 10.3. The van der Waals surface area contributed by atoms with Crippen LogP contribution in [0.5, 0.6) is 0 Å². The molecule has 15 heavy (non-hydrogen) atoms. The van der Waals surface area contributed by atoms with Gasteiger partial charge < -0.3 is 20.1 Å². The molecular formula is C10H20N2O3. The van der Waals surface area contributed by atoms with Gasteiger partial charge in [-0.1, -0.05) is 0 Å². The fourth-order valence-electron chi connectivity index (χ4n) is 1.55. The van der Waals surface area contributed by atoms with Crippen LogP contribution in [-0.4, -0.2) is 56.9 Å². The van der Waals surface area contributed by atoms with Crippen molar-refractivity contribution in [2.75, 3.05) is 33.9 Å². The second kappa shape index (κ2) is 6.05. The van der Waals surface area contributed by atoms with Crippen LogP contribution in [0.3, 0.4) is 0 Å². The van der Waals surface area contributed by atoms with Gasteiger partial charge in [-0.15, -0.1) is 0 Å². The molecule has 1 aliphatic rings. The van der Waals surface area contributed by atoms with Crippen molar-refractivity contribution < 1.29 is 14.3 Å². The molecule has 5 nitrogen and oxygen atoms in total. The first-order chi connectivity index (χ1) is 7.15. The first kappa shape index (κ1) is 12.4. The van der Waals surface area contributed by atoms with Gasteiger partial charge >= 0.3 is 0 Å². The number of nitrogens with zero attached hydrogens (tertiary/aromatic N) is 1. The molecule has 1 rings (SSSR count). The predicted octanol–water partition coefficient (Wildman–Crippen LogP) is -0.402. The number of methoxy groups -OCH3 is 1. The van der Waals surface area contributed by atoms with Gasteiger partial charge in [-0.3, -0.25) is 4.79 Å². The molecule has 0 aromatic carbocycles. The summed E-state index contributed by atoms with van der Waals surface area (Å²) in [5.74, 6) is 0.0268. The summed E-state index contributed by atoms with van der Waals surface area (Å²) in [5.41, 5.74) is 5.68. The maximum atomic E-state index is 11.8. The molecule has 0 saturated carbocycles. The van der Waals surface area contributed by atoms with E-state index in [4.69, 9.17) is 15.2 Å². The Bertz CT molecular complexity index is 203. The van der Waals surface area contributed by atoms with Gasteiger partial charge in [0.1, 0.15) is 6.10 Å². The van der Waals surface area contributed by atoms with Gasteiger partial charge in [0.05, 0.1) is 13.2 Å². The Morgan fingerprint density at radius 3 is 2.87 bits per heavy atom. The SMILES string of the molecule is COCCN(C)C(=O)[C@@H]1CCC(N)CO1. The topological polar surface area (TPSA) is 64.8 Å². The number of hydrogen-bond acceptors (Lipinski definition) is 4. The zero-order valence-electron chi connectivity index (χ0n) is 9.44. The summed E-state index contributed by atoms with van der Waals surface area (Å²) in [6.45, 7) is 1.63. The Labute approximate surface area is 90.5 Å². The van der Waals surface area contributed by atoms with E-state index in [9.17, 15) is 4.79 Å². The Balaban J connectivity index is 2.32. The average Bonchev–Trinajstić information content (AvgIpc) is 2.26. The molecule has 1 saturated heterocycles. The molecule has 0 aromatic heterocycles. The standard InChI is InChI=1S/C10H20N2O3/c1-12(5-6-14-2)10(13)9-4-3-8(11)7-15-9/h8-9H,3-7,11H2,1-2H3/t8?,9-/m0/s1. The lowest BCUT2D eigenvalue weighted by Gasteiger charge is -2.29. The van der Waals surface area contributed by atoms with Crippen molar-refractivity contribution in [3.05, 3.63) is 0 Å². The molecule has 0 spiro atoms. The number of nitrogens with two attached hydrogens (primary N) is 1. The highest BCUT2D eigenvalue weighted by Crippen LogP contribution is 2.13. The Morgan fingerprint density at radius 2 is 2.33 bits per heavy atom. The molecule has 5 heteroatoms. The number of rotatable bonds is 4. The second-order valence-corrected chi connectivity index (χ2v) is 3.91. The van der Waals surface area contributed by atoms with Gasteiger partial charge in [0, 0.05) is 26.7 Å². The summed E-state index contributed by atoms with van der Waals surface area (Å²) in [6, 6.07) is 0.0818. The molecule has 1 fully saturated rings. The van der Waals surface area contributed by atoms with E-state index in [1.165, 1.54) is 0 Å². The van der Waals surface area contributed by atoms with E-state index in [2.05, 4.69) is 0 Å². The summed E-state index contributed by atoms with van der Waals surface area (Å²) in [7, 11) is 3.38. The minimum Gasteiger partial charge on any atom is -0.383 e. The highest BCUT2D eigenvalue weighted by Gasteiger charge is 2.27. The summed E-state index contributed by atoms with van der Waals surface area (Å²) in [6.07, 6.45) is 1.26. The number of carbonyl (C=O) groups excluding carboxylic acids is 1. The lowest BCUT2D eigenvalue weighted by molar-refractivity contribution is -0.146. The van der Waals surface area contributed by atoms with Crippen molar-refractivity contribution in [3.8, 4) is 0 Å². The first-order valence-corrected chi connectivity index (χ1v) is 5.26. The number of carbonyl (C=O) groups is 1. The molecular weight excluding hydrogens is 196 g/mol. The fraction of sp³-hybridized carbons (Fsp3) is 0.900. The van der Waals surface area contributed by atoms with Crippen molar-refractivity contribution in [2.45, 2.75) is 25.0 Å². The van der Waals surface area contributed by atoms with Crippen LogP contribution in [-0.2, 0) is 14.3 Å². The number of ether oxygens (including phenoxy) is 2. The van der Waals surface area contributed by atoms with Gasteiger partial charge in [-0.2, -0.15) is 0 Å². The quantitative estimate of drug-likeness (QED) is 0.694. The minimum absolute atomic E-state index is 0.0268. The Morgan fingerprint density at radius 1 is 1.60 bits per heavy atom. The highest BCUT2D eigenvalue weighted by molar-refractivity contribution is 5.80. The van der Waals surface area contributed by atoms with Crippen LogP contribution in [0.15, 0.2) is 0 Å². The van der Waals surface area contributed by atoms with E-state index < -0.39 is 0 Å². The maximum Gasteiger partial charge on any atom is 0.251 e. The molecule has 88 valence electrons. The van der Waals surface area contributed by atoms with Crippen LogP contribution in [0.2, 0.25) is 0 Å². The van der Waals surface area contributed by atoms with Crippen LogP contribution in [0.1, 0.15) is 12.8 Å². The van der Waals surface area contributed by atoms with E-state index in [-0.39, 0.29) is 18.1 Å². The average molecular weight is 216 g/mol. The molecule has 0 radical (unpaired) electrons. The van der Waals surface area contributed by atoms with Crippen molar-refractivity contribution in [3.63, 3.8) is 0 Å². The zero-order chi connectivity index (χ0) is 11.3. The van der Waals surface area contributed by atoms with E-state index in [1.807, 2.05) is 0 Å². The monoisotopic (exact) mass is 216 g/mol. The van der Waals surface area contributed by atoms with Crippen LogP contribution >= 0.6 is 0 Å². The lowest BCUT2D eigenvalue weighted by atomic mass is 10.1. The van der Waals surface area contributed by atoms with Gasteiger partial charge in [-0.05, 0) is 12.8 Å². The van der Waals surface area contributed by atoms with E-state index in [0.29, 0.717) is 19.8 Å². The van der Waals surface area contributed by atoms with Crippen LogP contribution < -0.4 is 5.73 Å². The molecule has 2 N–H and O–H groups in total. The smallest absolute Gasteiger partial charge is 0.251 e. The lowest BCUT2D eigenvalue weighted by Crippen LogP contribution is -2.45. The molecule has 1 amide bonds. The first-order valence-electron chi connectivity index (χ1n) is 5.26. The van der Waals surface area contributed by atoms with Gasteiger partial charge in [0.15, 0.2) is 0 Å². The third-order valence-corrected chi connectivity index (χ3v) is 2.59. The second-order valence-electron chi connectivity index (χ2n) is 3.91. The largest absolute Gasteiger partial charge is 0.383 e. The van der Waals surface area contributed by atoms with Crippen molar-refractivity contribution in [2.24, 2.45) is 5.73 Å². The zero-order valence-corrected chi connectivity index (χ0v) is 9.44. The Hall–Kier alpha value is -0.650. The number of likely N-dealkylation sites (N-methyl/N-ethyl adjacent to an activating group) is 1. The fourth-order valence-corrected chi connectivity index (χ4v) is 1.55. The van der Waals surface area contributed by atoms with Crippen LogP contribution in [0.25, 0.3) is 0 Å². The highest BCUT2D eigenvalue weighted by atomic mass is 16.5. The predicted molar refractivity (Wildman–Crippen MR) is 56.5 cm³/mol. The summed E-state index contributed by atoms with van der Waals surface area (Å²) in [5, 5.41) is 0. The van der Waals surface area contributed by atoms with Gasteiger partial charge in [0.2, 0.25) is 0 Å². The maximum absolute atomic E-state index is 11.8. The molecule has 0 bridgehead atoms. The molecule has 1 aliphatic heterocycles. The number of amides is 1. The normalized spacial score (nSPS) is 26.3. The molecule has 1 heterocycles. The van der Waals surface area contributed by atoms with E-state index in [1.54, 1.807) is 19.1 Å². The van der Waals surface area contributed by atoms with Crippen LogP contribution in [0.4, 0.5) is 0 Å². The summed E-state index contributed by atoms with van der Waals surface area (Å²) in [4.78, 5) is 13.5. The molecule has 1 unspecified atom stereocenters. The van der Waals surface area contributed by atoms with Gasteiger partial charge in [0.25, 0.3) is 5.91 Å². The van der Waals surface area contributed by atoms with E-state index in [0.717, 1.165) is 12.8 Å². The third kappa shape index (κ3) is 3.77.